The molecule has 2 aromatic rings. The Morgan fingerprint density at radius 3 is 2.42 bits per heavy atom. The van der Waals surface area contributed by atoms with E-state index in [1.54, 1.807) is 0 Å². The number of β-amino-alcohol motifs (C(OH)–C–C–N with tert-alkyl or cyclic N) is 1. The molecular weight excluding hydrogens is 382 g/mol. The minimum atomic E-state index is -0.400. The summed E-state index contributed by atoms with van der Waals surface area (Å²) in [5.41, 5.74) is 7.57. The minimum absolute atomic E-state index is 0.0243. The van der Waals surface area contributed by atoms with Gasteiger partial charge in [0.1, 0.15) is 0 Å². The number of aliphatic hydroxyl groups is 1. The lowest BCUT2D eigenvalue weighted by Gasteiger charge is -2.33. The molecule has 3 atom stereocenters. The Bertz CT molecular complexity index is 977. The van der Waals surface area contributed by atoms with Crippen molar-refractivity contribution in [3.63, 3.8) is 0 Å². The molecule has 2 aliphatic heterocycles. The normalized spacial score (nSPS) is 22.6. The van der Waals surface area contributed by atoms with Crippen LogP contribution in [0.25, 0.3) is 0 Å². The van der Waals surface area contributed by atoms with Crippen molar-refractivity contribution in [2.45, 2.75) is 64.1 Å². The number of fused-ring (bicyclic) bond motifs is 2. The van der Waals surface area contributed by atoms with E-state index in [2.05, 4.69) is 80.1 Å². The molecule has 2 aliphatic rings. The summed E-state index contributed by atoms with van der Waals surface area (Å²) in [5, 5.41) is 20.2. The number of benzene rings is 2. The molecular formula is C27H35N3O. The number of likely N-dealkylation sites (N-methyl/N-ethyl adjacent to an activating group) is 1. The summed E-state index contributed by atoms with van der Waals surface area (Å²) < 4.78 is 0. The fraction of sp³-hybridized carbons (Fsp3) is 0.519. The number of hydrogen-bond acceptors (Lipinski definition) is 4. The molecule has 1 N–H and O–H groups in total. The molecule has 0 saturated heterocycles. The van der Waals surface area contributed by atoms with E-state index < -0.39 is 6.10 Å². The molecule has 0 spiro atoms. The van der Waals surface area contributed by atoms with Crippen molar-refractivity contribution in [3.8, 4) is 6.07 Å². The van der Waals surface area contributed by atoms with Crippen LogP contribution in [0.4, 0.5) is 0 Å². The average Bonchev–Trinajstić information content (AvgIpc) is 2.75. The summed E-state index contributed by atoms with van der Waals surface area (Å²) in [5.74, 6) is 0.920. The van der Waals surface area contributed by atoms with Gasteiger partial charge in [-0.2, -0.15) is 5.26 Å². The number of nitrogens with zero attached hydrogens (tertiary/aromatic N) is 3. The summed E-state index contributed by atoms with van der Waals surface area (Å²) in [6.07, 6.45) is 0.657. The van der Waals surface area contributed by atoms with Crippen LogP contribution in [0.3, 0.4) is 0 Å². The first-order valence-electron chi connectivity index (χ1n) is 11.6. The zero-order valence-electron chi connectivity index (χ0n) is 19.3. The lowest BCUT2D eigenvalue weighted by atomic mass is 9.86. The van der Waals surface area contributed by atoms with Gasteiger partial charge in [-0.1, -0.05) is 57.2 Å². The molecule has 2 heterocycles. The molecule has 4 nitrogen and oxygen atoms in total. The fourth-order valence-electron chi connectivity index (χ4n) is 5.09. The van der Waals surface area contributed by atoms with Gasteiger partial charge in [0, 0.05) is 26.2 Å². The summed E-state index contributed by atoms with van der Waals surface area (Å²) in [4.78, 5) is 4.63. The van der Waals surface area contributed by atoms with E-state index in [0.717, 1.165) is 38.2 Å². The number of aliphatic hydroxyl groups excluding tert-OH is 1. The fourth-order valence-corrected chi connectivity index (χ4v) is 5.09. The van der Waals surface area contributed by atoms with E-state index >= 15 is 0 Å². The Morgan fingerprint density at radius 1 is 1.00 bits per heavy atom. The average molecular weight is 418 g/mol. The molecule has 0 saturated carbocycles. The van der Waals surface area contributed by atoms with Gasteiger partial charge in [0.05, 0.1) is 18.1 Å². The number of nitriles is 1. The molecule has 0 aromatic heterocycles. The Balaban J connectivity index is 1.42. The monoisotopic (exact) mass is 417 g/mol. The van der Waals surface area contributed by atoms with Crippen LogP contribution in [-0.4, -0.2) is 41.6 Å². The first-order chi connectivity index (χ1) is 14.9. The smallest absolute Gasteiger partial charge is 0.0920 e. The summed E-state index contributed by atoms with van der Waals surface area (Å²) in [6, 6.07) is 15.7. The van der Waals surface area contributed by atoms with Gasteiger partial charge in [0.15, 0.2) is 0 Å². The van der Waals surface area contributed by atoms with Gasteiger partial charge in [-0.3, -0.25) is 4.90 Å². The third-order valence-corrected chi connectivity index (χ3v) is 7.10. The van der Waals surface area contributed by atoms with E-state index in [1.807, 2.05) is 0 Å². The van der Waals surface area contributed by atoms with Crippen molar-refractivity contribution < 1.29 is 5.11 Å². The third kappa shape index (κ3) is 4.70. The molecule has 31 heavy (non-hydrogen) atoms. The van der Waals surface area contributed by atoms with Crippen LogP contribution in [0.1, 0.15) is 84.4 Å². The van der Waals surface area contributed by atoms with Gasteiger partial charge >= 0.3 is 0 Å². The minimum Gasteiger partial charge on any atom is -0.387 e. The lowest BCUT2D eigenvalue weighted by molar-refractivity contribution is 0.0906. The van der Waals surface area contributed by atoms with E-state index in [9.17, 15) is 10.4 Å². The highest BCUT2D eigenvalue weighted by Crippen LogP contribution is 2.32. The molecule has 0 amide bonds. The molecule has 4 heteroatoms. The van der Waals surface area contributed by atoms with Gasteiger partial charge < -0.3 is 10.0 Å². The summed E-state index contributed by atoms with van der Waals surface area (Å²) in [7, 11) is 2.09. The maximum absolute atomic E-state index is 10.7. The molecule has 164 valence electrons. The molecule has 0 bridgehead atoms. The maximum Gasteiger partial charge on any atom is 0.0920 e. The highest BCUT2D eigenvalue weighted by Gasteiger charge is 2.26. The van der Waals surface area contributed by atoms with Gasteiger partial charge in [0.25, 0.3) is 0 Å². The standard InChI is InChI=1S/C27H35N3O/c1-18(2)20-5-8-26-23(11-20)16-30(17-27(26)31)10-9-19(3)21-6-7-25-22(12-21)14-29(4)15-24(25)13-28/h5-8,11-12,18-19,24,27,31H,9-10,14-17H2,1-4H3. The van der Waals surface area contributed by atoms with Crippen LogP contribution in [0.2, 0.25) is 0 Å². The van der Waals surface area contributed by atoms with E-state index in [4.69, 9.17) is 0 Å². The quantitative estimate of drug-likeness (QED) is 0.751. The highest BCUT2D eigenvalue weighted by atomic mass is 16.3. The summed E-state index contributed by atoms with van der Waals surface area (Å²) in [6.45, 7) is 11.1. The van der Waals surface area contributed by atoms with Crippen LogP contribution in [0, 0.1) is 11.3 Å². The largest absolute Gasteiger partial charge is 0.387 e. The van der Waals surface area contributed by atoms with Gasteiger partial charge in [-0.05, 0) is 65.2 Å². The van der Waals surface area contributed by atoms with Crippen LogP contribution >= 0.6 is 0 Å². The first kappa shape index (κ1) is 22.0. The van der Waals surface area contributed by atoms with Gasteiger partial charge in [-0.25, -0.2) is 0 Å². The Hall–Kier alpha value is -2.19. The Kier molecular flexibility index (Phi) is 6.48. The van der Waals surface area contributed by atoms with E-state index in [0.29, 0.717) is 18.4 Å². The predicted molar refractivity (Wildman–Crippen MR) is 125 cm³/mol. The predicted octanol–water partition coefficient (Wildman–Crippen LogP) is 4.91. The topological polar surface area (TPSA) is 50.5 Å². The zero-order chi connectivity index (χ0) is 22.1. The zero-order valence-corrected chi connectivity index (χ0v) is 19.3. The van der Waals surface area contributed by atoms with Crippen molar-refractivity contribution >= 4 is 0 Å². The molecule has 0 fully saturated rings. The highest BCUT2D eigenvalue weighted by molar-refractivity contribution is 5.40. The lowest BCUT2D eigenvalue weighted by Crippen LogP contribution is -2.34. The SMILES string of the molecule is CC(C)c1ccc2c(c1)CN(CCC(C)c1ccc3c(c1)CN(C)CC3C#N)CC2O. The molecule has 4 rings (SSSR count). The van der Waals surface area contributed by atoms with Crippen LogP contribution in [0.15, 0.2) is 36.4 Å². The number of rotatable bonds is 5. The summed E-state index contributed by atoms with van der Waals surface area (Å²) >= 11 is 0. The van der Waals surface area contributed by atoms with Crippen molar-refractivity contribution in [1.29, 1.82) is 5.26 Å². The molecule has 3 unspecified atom stereocenters. The van der Waals surface area contributed by atoms with Gasteiger partial charge in [-0.15, -0.1) is 0 Å². The van der Waals surface area contributed by atoms with Crippen molar-refractivity contribution in [2.24, 2.45) is 0 Å². The molecule has 2 aromatic carbocycles. The maximum atomic E-state index is 10.7. The third-order valence-electron chi connectivity index (χ3n) is 7.10. The van der Waals surface area contributed by atoms with E-state index in [-0.39, 0.29) is 5.92 Å². The van der Waals surface area contributed by atoms with Crippen molar-refractivity contribution in [2.75, 3.05) is 26.7 Å². The van der Waals surface area contributed by atoms with Crippen LogP contribution in [-0.2, 0) is 13.1 Å². The first-order valence-corrected chi connectivity index (χ1v) is 11.6. The second-order valence-electron chi connectivity index (χ2n) is 9.89. The van der Waals surface area contributed by atoms with Crippen molar-refractivity contribution in [3.05, 3.63) is 69.8 Å². The second-order valence-corrected chi connectivity index (χ2v) is 9.89. The number of hydrogen-bond donors (Lipinski definition) is 1. The second kappa shape index (κ2) is 9.12. The van der Waals surface area contributed by atoms with Gasteiger partial charge in [0.2, 0.25) is 0 Å². The van der Waals surface area contributed by atoms with E-state index in [1.165, 1.54) is 27.8 Å². The molecule has 0 radical (unpaired) electrons. The molecule has 0 aliphatic carbocycles. The Labute approximate surface area is 187 Å². The van der Waals surface area contributed by atoms with Crippen molar-refractivity contribution in [1.82, 2.24) is 9.80 Å². The van der Waals surface area contributed by atoms with Crippen LogP contribution < -0.4 is 0 Å². The van der Waals surface area contributed by atoms with Crippen LogP contribution in [0.5, 0.6) is 0 Å². The Morgan fingerprint density at radius 2 is 1.68 bits per heavy atom.